The molecule has 7 heterocycles. The molecule has 12 aliphatic rings. The summed E-state index contributed by atoms with van der Waals surface area (Å²) in [6, 6.07) is 0. The number of fused-ring (bicyclic) bond motifs is 7. The van der Waals surface area contributed by atoms with E-state index in [1.807, 2.05) is 0 Å². The molecule has 4 saturated carbocycles. The first-order valence-corrected chi connectivity index (χ1v) is 38.6. The molecule has 0 aromatic rings. The third-order valence-electron chi connectivity index (χ3n) is 27.7. The Labute approximate surface area is 640 Å². The smallest absolute Gasteiger partial charge is 0.333 e. The number of ether oxygens (including phenoxy) is 15. The summed E-state index contributed by atoms with van der Waals surface area (Å²) < 4.78 is 90.4. The van der Waals surface area contributed by atoms with Gasteiger partial charge >= 0.3 is 17.9 Å². The van der Waals surface area contributed by atoms with Crippen molar-refractivity contribution in [3.63, 3.8) is 0 Å². The van der Waals surface area contributed by atoms with E-state index in [2.05, 4.69) is 40.7 Å². The molecule has 0 aromatic heterocycles. The van der Waals surface area contributed by atoms with Crippen molar-refractivity contribution in [2.45, 2.75) is 329 Å². The summed E-state index contributed by atoms with van der Waals surface area (Å²) in [5.41, 5.74) is -4.28. The minimum Gasteiger partial charge on any atom is -0.481 e. The molecule has 12 rings (SSSR count). The monoisotopic (exact) mass is 1600 g/mol. The topological polar surface area (TPSA) is 574 Å². The van der Waals surface area contributed by atoms with Crippen molar-refractivity contribution in [2.75, 3.05) is 39.6 Å². The number of allylic oxidation sites excluding steroid dienone is 3. The highest BCUT2D eigenvalue weighted by Crippen LogP contribution is 2.76. The number of esters is 2. The third kappa shape index (κ3) is 15.6. The van der Waals surface area contributed by atoms with Gasteiger partial charge in [-0.2, -0.15) is 0 Å². The van der Waals surface area contributed by atoms with E-state index < -0.39 is 299 Å². The Bertz CT molecular complexity index is 3290. The van der Waals surface area contributed by atoms with E-state index in [1.54, 1.807) is 13.8 Å². The van der Waals surface area contributed by atoms with Crippen LogP contribution in [0, 0.1) is 50.2 Å². The molecule has 0 amide bonds. The van der Waals surface area contributed by atoms with Gasteiger partial charge in [0, 0.05) is 5.57 Å². The Balaban J connectivity index is 0.831. The van der Waals surface area contributed by atoms with Gasteiger partial charge in [-0.25, -0.2) is 4.79 Å². The van der Waals surface area contributed by atoms with Crippen LogP contribution in [-0.4, -0.2) is 357 Å². The Hall–Kier alpha value is -3.35. The first-order chi connectivity index (χ1) is 52.2. The summed E-state index contributed by atoms with van der Waals surface area (Å²) in [6.45, 7) is 12.7. The van der Waals surface area contributed by atoms with Crippen molar-refractivity contribution in [3.8, 4) is 0 Å². The fourth-order valence-electron chi connectivity index (χ4n) is 20.3. The number of aliphatic hydroxyl groups is 18. The molecule has 37 heteroatoms. The van der Waals surface area contributed by atoms with E-state index in [9.17, 15) is 107 Å². The van der Waals surface area contributed by atoms with Gasteiger partial charge in [0.15, 0.2) is 49.9 Å². The van der Waals surface area contributed by atoms with E-state index in [0.717, 1.165) is 5.57 Å². The molecule has 0 aromatic carbocycles. The Morgan fingerprint density at radius 3 is 1.65 bits per heavy atom. The molecule has 19 N–H and O–H groups in total. The van der Waals surface area contributed by atoms with Crippen molar-refractivity contribution in [3.05, 3.63) is 23.3 Å². The lowest BCUT2D eigenvalue weighted by atomic mass is 9.33. The number of hydrogen-bond acceptors (Lipinski definition) is 36. The van der Waals surface area contributed by atoms with Crippen LogP contribution in [0.1, 0.15) is 127 Å². The third-order valence-corrected chi connectivity index (χ3v) is 27.7. The average Bonchev–Trinajstić information content (AvgIpc) is 0.672. The van der Waals surface area contributed by atoms with Gasteiger partial charge in [-0.15, -0.1) is 0 Å². The Morgan fingerprint density at radius 1 is 0.505 bits per heavy atom. The predicted octanol–water partition coefficient (Wildman–Crippen LogP) is -5.04. The minimum absolute atomic E-state index is 0.0979. The molecule has 0 spiro atoms. The molecular formula is C74H116O37. The van der Waals surface area contributed by atoms with Crippen LogP contribution in [0.25, 0.3) is 0 Å². The average molecular weight is 1600 g/mol. The summed E-state index contributed by atoms with van der Waals surface area (Å²) >= 11 is 0. The summed E-state index contributed by atoms with van der Waals surface area (Å²) in [6.07, 6.45) is -51.2. The van der Waals surface area contributed by atoms with Crippen LogP contribution in [0.2, 0.25) is 0 Å². The van der Waals surface area contributed by atoms with Gasteiger partial charge in [0.05, 0.1) is 62.7 Å². The highest BCUT2D eigenvalue weighted by Gasteiger charge is 2.72. The van der Waals surface area contributed by atoms with Gasteiger partial charge in [-0.1, -0.05) is 52.3 Å². The number of carbonyl (C=O) groups excluding carboxylic acids is 2. The highest BCUT2D eigenvalue weighted by atomic mass is 16.8. The molecule has 7 aliphatic heterocycles. The molecular weight excluding hydrogens is 1480 g/mol. The van der Waals surface area contributed by atoms with Gasteiger partial charge in [0.1, 0.15) is 134 Å². The number of carboxylic acid groups (broad SMARTS) is 1. The molecule has 5 aliphatic carbocycles. The molecule has 634 valence electrons. The fraction of sp³-hybridized carbons (Fsp3) is 0.905. The van der Waals surface area contributed by atoms with Crippen LogP contribution < -0.4 is 0 Å². The second kappa shape index (κ2) is 33.4. The zero-order valence-electron chi connectivity index (χ0n) is 63.6. The zero-order chi connectivity index (χ0) is 81.0. The molecule has 111 heavy (non-hydrogen) atoms. The highest BCUT2D eigenvalue weighted by molar-refractivity contribution is 5.87. The number of carbonyl (C=O) groups is 3. The van der Waals surface area contributed by atoms with Crippen LogP contribution in [0.3, 0.4) is 0 Å². The SMILES string of the molecule is CC=C(C)C(=O)OC1COC(OC2C(OC3C(OC(=O)C45CCC(C)(C)CC4C4=CCC6C7(C)CCC(OC8OC(CO)C(O)C(O)C8OC8OC(CO)C(O)C(O)C8O)C(C)(C(=O)O)C7CCC6(C)C4(C)CC5)OC(COC4OCC(O)C(O)C4OC4OCC(O)C(O)C4O)C(O)C3O)OC(C)C(O)C2O)C(O)C1O. The first-order valence-electron chi connectivity index (χ1n) is 38.6. The fourth-order valence-corrected chi connectivity index (χ4v) is 20.3. The van der Waals surface area contributed by atoms with Gasteiger partial charge in [0.2, 0.25) is 6.29 Å². The predicted molar refractivity (Wildman–Crippen MR) is 367 cm³/mol. The van der Waals surface area contributed by atoms with Gasteiger partial charge in [0.25, 0.3) is 0 Å². The van der Waals surface area contributed by atoms with Crippen LogP contribution in [0.15, 0.2) is 23.3 Å². The molecule has 0 bridgehead atoms. The van der Waals surface area contributed by atoms with Crippen LogP contribution in [0.4, 0.5) is 0 Å². The van der Waals surface area contributed by atoms with Crippen molar-refractivity contribution in [1.82, 2.24) is 0 Å². The minimum atomic E-state index is -2.17. The van der Waals surface area contributed by atoms with Crippen molar-refractivity contribution >= 4 is 17.9 Å². The number of aliphatic carboxylic acids is 1. The zero-order valence-corrected chi connectivity index (χ0v) is 63.6. The first kappa shape index (κ1) is 87.0. The summed E-state index contributed by atoms with van der Waals surface area (Å²) in [5, 5.41) is 211. The standard InChI is InChI=1S/C74H116O37/c1-10-28(2)59(93)102-36-26-99-61(53(91)47(36)85)108-56-49(87)41(79)29(3)101-64(56)110-58-51(89)46(84)37(27-100-63-55(43(81)33(78)25-98-63)107-60-52(90)42(80)32(77)24-97-60)105-66(58)111-68(96)74-19-17-69(4,5)21-31(74)30-11-12-38-70(6)15-14-40(73(9,67(94)95)39(70)13-16-72(38,8)71(30,7)18-20-74)106-65-57(50(88)45(83)35(23-76)104-65)109-62-54(92)48(86)44(82)34(22-75)103-62/h10-11,29,31-58,60-66,75-92H,12-27H2,1-9H3,(H,94,95). The summed E-state index contributed by atoms with van der Waals surface area (Å²) in [4.78, 5) is 43.3. The van der Waals surface area contributed by atoms with E-state index in [-0.39, 0.29) is 36.2 Å². The van der Waals surface area contributed by atoms with Gasteiger partial charge in [-0.3, -0.25) is 9.59 Å². The maximum atomic E-state index is 16.3. The lowest BCUT2D eigenvalue weighted by Crippen LogP contribution is -2.68. The molecule has 7 saturated heterocycles. The normalized spacial score (nSPS) is 52.2. The van der Waals surface area contributed by atoms with E-state index in [4.69, 9.17) is 71.1 Å². The number of rotatable bonds is 20. The summed E-state index contributed by atoms with van der Waals surface area (Å²) in [7, 11) is 0. The maximum absolute atomic E-state index is 16.3. The van der Waals surface area contributed by atoms with Crippen LogP contribution >= 0.6 is 0 Å². The van der Waals surface area contributed by atoms with Gasteiger partial charge < -0.3 is 168 Å². The van der Waals surface area contributed by atoms with Crippen molar-refractivity contribution < 1.29 is 182 Å². The lowest BCUT2D eigenvalue weighted by Gasteiger charge is -2.71. The van der Waals surface area contributed by atoms with Crippen LogP contribution in [-0.2, 0) is 85.4 Å². The summed E-state index contributed by atoms with van der Waals surface area (Å²) in [5.74, 6) is -4.19. The molecule has 37 nitrogen and oxygen atoms in total. The number of hydrogen-bond donors (Lipinski definition) is 19. The maximum Gasteiger partial charge on any atom is 0.333 e. The molecule has 41 atom stereocenters. The lowest BCUT2D eigenvalue weighted by molar-refractivity contribution is -0.386. The second-order valence-corrected chi connectivity index (χ2v) is 34.5. The van der Waals surface area contributed by atoms with E-state index in [0.29, 0.717) is 44.9 Å². The number of carboxylic acids is 1. The van der Waals surface area contributed by atoms with Crippen LogP contribution in [0.5, 0.6) is 0 Å². The quantitative estimate of drug-likeness (QED) is 0.0235. The van der Waals surface area contributed by atoms with E-state index >= 15 is 4.79 Å². The molecule has 41 unspecified atom stereocenters. The van der Waals surface area contributed by atoms with Crippen molar-refractivity contribution in [2.24, 2.45) is 50.2 Å². The Kier molecular flexibility index (Phi) is 26.2. The number of aliphatic hydroxyl groups excluding tert-OH is 18. The molecule has 11 fully saturated rings. The Morgan fingerprint density at radius 2 is 1.02 bits per heavy atom. The van der Waals surface area contributed by atoms with Crippen molar-refractivity contribution in [1.29, 1.82) is 0 Å². The largest absolute Gasteiger partial charge is 0.481 e. The molecule has 0 radical (unpaired) electrons. The second-order valence-electron chi connectivity index (χ2n) is 34.5. The van der Waals surface area contributed by atoms with E-state index in [1.165, 1.54) is 19.9 Å². The van der Waals surface area contributed by atoms with Gasteiger partial charge in [-0.05, 0) is 131 Å².